The zero-order valence-electron chi connectivity index (χ0n) is 14.2. The molecule has 1 aromatic carbocycles. The van der Waals surface area contributed by atoms with Gasteiger partial charge < -0.3 is 5.32 Å². The normalized spacial score (nSPS) is 12.1. The number of alkyl halides is 6. The van der Waals surface area contributed by atoms with Crippen LogP contribution < -0.4 is 5.32 Å². The lowest BCUT2D eigenvalue weighted by Gasteiger charge is -2.14. The van der Waals surface area contributed by atoms with E-state index in [1.54, 1.807) is 0 Å². The van der Waals surface area contributed by atoms with Crippen molar-refractivity contribution in [1.82, 2.24) is 15.0 Å². The Kier molecular flexibility index (Phi) is 4.97. The van der Waals surface area contributed by atoms with Crippen LogP contribution in [-0.2, 0) is 12.4 Å². The van der Waals surface area contributed by atoms with Crippen LogP contribution in [0.15, 0.2) is 48.8 Å². The Bertz CT molecular complexity index is 984. The maximum absolute atomic E-state index is 13.2. The van der Waals surface area contributed by atoms with Gasteiger partial charge in [0.25, 0.3) is 0 Å². The highest BCUT2D eigenvalue weighted by Gasteiger charge is 2.34. The molecule has 3 rings (SSSR count). The first-order chi connectivity index (χ1) is 13.0. The summed E-state index contributed by atoms with van der Waals surface area (Å²) in [4.78, 5) is 11.3. The molecule has 0 aliphatic rings. The van der Waals surface area contributed by atoms with Gasteiger partial charge in [-0.1, -0.05) is 0 Å². The Hall–Kier alpha value is -3.17. The maximum Gasteiger partial charge on any atom is 0.433 e. The van der Waals surface area contributed by atoms with E-state index in [1.807, 2.05) is 0 Å². The average molecular weight is 398 g/mol. The van der Waals surface area contributed by atoms with E-state index in [-0.39, 0.29) is 28.5 Å². The van der Waals surface area contributed by atoms with Gasteiger partial charge in [-0.25, -0.2) is 9.97 Å². The number of aromatic nitrogens is 3. The van der Waals surface area contributed by atoms with Crippen molar-refractivity contribution in [3.05, 3.63) is 65.6 Å². The number of aryl methyl sites for hydroxylation is 1. The molecule has 4 nitrogen and oxygen atoms in total. The van der Waals surface area contributed by atoms with Gasteiger partial charge in [0, 0.05) is 29.7 Å². The molecule has 0 unspecified atom stereocenters. The fraction of sp³-hybridized carbons (Fsp3) is 0.167. The highest BCUT2D eigenvalue weighted by atomic mass is 19.4. The van der Waals surface area contributed by atoms with Crippen LogP contribution in [0.25, 0.3) is 11.4 Å². The average Bonchev–Trinajstić information content (AvgIpc) is 2.60. The third-order valence-corrected chi connectivity index (χ3v) is 3.61. The molecule has 0 aliphatic heterocycles. The summed E-state index contributed by atoms with van der Waals surface area (Å²) in [6, 6.07) is 6.71. The van der Waals surface area contributed by atoms with Crippen LogP contribution in [-0.4, -0.2) is 15.0 Å². The second kappa shape index (κ2) is 7.10. The van der Waals surface area contributed by atoms with Gasteiger partial charge in [-0.2, -0.15) is 26.3 Å². The van der Waals surface area contributed by atoms with Gasteiger partial charge >= 0.3 is 12.4 Å². The molecule has 2 aromatic heterocycles. The molecule has 28 heavy (non-hydrogen) atoms. The minimum absolute atomic E-state index is 0.0451. The summed E-state index contributed by atoms with van der Waals surface area (Å²) in [5, 5.41) is 2.51. The molecule has 0 saturated carbocycles. The van der Waals surface area contributed by atoms with E-state index in [9.17, 15) is 26.3 Å². The maximum atomic E-state index is 13.2. The molecule has 10 heteroatoms. The lowest BCUT2D eigenvalue weighted by atomic mass is 10.1. The third-order valence-electron chi connectivity index (χ3n) is 3.61. The summed E-state index contributed by atoms with van der Waals surface area (Å²) in [7, 11) is 0. The Morgan fingerprint density at radius 3 is 2.25 bits per heavy atom. The van der Waals surface area contributed by atoms with Crippen molar-refractivity contribution in [3.8, 4) is 11.4 Å². The Balaban J connectivity index is 2.06. The third kappa shape index (κ3) is 4.56. The lowest BCUT2D eigenvalue weighted by molar-refractivity contribution is -0.141. The van der Waals surface area contributed by atoms with E-state index in [0.29, 0.717) is 6.07 Å². The summed E-state index contributed by atoms with van der Waals surface area (Å²) in [6.45, 7) is 1.45. The van der Waals surface area contributed by atoms with Crippen LogP contribution in [0.5, 0.6) is 0 Å². The molecule has 146 valence electrons. The molecule has 0 spiro atoms. The fourth-order valence-electron chi connectivity index (χ4n) is 2.45. The molecule has 3 aromatic rings. The van der Waals surface area contributed by atoms with Gasteiger partial charge in [0.05, 0.1) is 5.56 Å². The van der Waals surface area contributed by atoms with E-state index in [2.05, 4.69) is 20.3 Å². The summed E-state index contributed by atoms with van der Waals surface area (Å²) in [5.74, 6) is -0.547. The predicted molar refractivity (Wildman–Crippen MR) is 89.7 cm³/mol. The predicted octanol–water partition coefficient (Wildman–Crippen LogP) is 5.63. The van der Waals surface area contributed by atoms with Crippen molar-refractivity contribution < 1.29 is 26.3 Å². The topological polar surface area (TPSA) is 50.7 Å². The molecule has 0 aliphatic carbocycles. The molecule has 0 atom stereocenters. The zero-order chi connectivity index (χ0) is 20.5. The Morgan fingerprint density at radius 2 is 1.64 bits per heavy atom. The first kappa shape index (κ1) is 19.6. The number of anilines is 2. The highest BCUT2D eigenvalue weighted by Crippen LogP contribution is 2.34. The van der Waals surface area contributed by atoms with Gasteiger partial charge in [0.1, 0.15) is 5.82 Å². The van der Waals surface area contributed by atoms with Crippen molar-refractivity contribution in [3.63, 3.8) is 0 Å². The SMILES string of the molecule is Cc1cc(Nc2cc(C(F)(F)F)nc(-c3cccnc3)n2)cc(C(F)(F)F)c1. The minimum Gasteiger partial charge on any atom is -0.340 e. The molecule has 0 radical (unpaired) electrons. The van der Waals surface area contributed by atoms with Gasteiger partial charge in [0.2, 0.25) is 0 Å². The lowest BCUT2D eigenvalue weighted by Crippen LogP contribution is -2.11. The second-order valence-electron chi connectivity index (χ2n) is 5.91. The summed E-state index contributed by atoms with van der Waals surface area (Å²) < 4.78 is 78.6. The van der Waals surface area contributed by atoms with Crippen LogP contribution >= 0.6 is 0 Å². The zero-order valence-corrected chi connectivity index (χ0v) is 14.2. The van der Waals surface area contributed by atoms with E-state index in [4.69, 9.17) is 0 Å². The fourth-order valence-corrected chi connectivity index (χ4v) is 2.45. The van der Waals surface area contributed by atoms with Crippen LogP contribution in [0.1, 0.15) is 16.8 Å². The standard InChI is InChI=1S/C18H12F6N4/c1-10-5-12(17(19,20)21)7-13(6-10)26-15-8-14(18(22,23)24)27-16(28-15)11-3-2-4-25-9-11/h2-9H,1H3,(H,26,27,28). The van der Waals surface area contributed by atoms with Gasteiger partial charge in [-0.3, -0.25) is 4.98 Å². The van der Waals surface area contributed by atoms with Crippen molar-refractivity contribution in [2.45, 2.75) is 19.3 Å². The van der Waals surface area contributed by atoms with Gasteiger partial charge in [-0.15, -0.1) is 0 Å². The summed E-state index contributed by atoms with van der Waals surface area (Å²) in [6.07, 6.45) is -6.64. The van der Waals surface area contributed by atoms with E-state index < -0.39 is 23.6 Å². The van der Waals surface area contributed by atoms with Crippen molar-refractivity contribution >= 4 is 11.5 Å². The molecule has 0 saturated heterocycles. The van der Waals surface area contributed by atoms with E-state index in [1.165, 1.54) is 37.5 Å². The molecular weight excluding hydrogens is 386 g/mol. The highest BCUT2D eigenvalue weighted by molar-refractivity contribution is 5.62. The number of hydrogen-bond donors (Lipinski definition) is 1. The Morgan fingerprint density at radius 1 is 0.893 bits per heavy atom. The monoisotopic (exact) mass is 398 g/mol. The van der Waals surface area contributed by atoms with Gasteiger partial charge in [0.15, 0.2) is 11.5 Å². The molecular formula is C18H12F6N4. The van der Waals surface area contributed by atoms with Gasteiger partial charge in [-0.05, 0) is 42.8 Å². The number of halogens is 6. The summed E-state index contributed by atoms with van der Waals surface area (Å²) >= 11 is 0. The first-order valence-corrected chi connectivity index (χ1v) is 7.85. The smallest absolute Gasteiger partial charge is 0.340 e. The number of benzene rings is 1. The van der Waals surface area contributed by atoms with E-state index >= 15 is 0 Å². The molecule has 0 amide bonds. The van der Waals surface area contributed by atoms with Crippen molar-refractivity contribution in [1.29, 1.82) is 0 Å². The number of hydrogen-bond acceptors (Lipinski definition) is 4. The second-order valence-corrected chi connectivity index (χ2v) is 5.91. The van der Waals surface area contributed by atoms with Crippen molar-refractivity contribution in [2.75, 3.05) is 5.32 Å². The number of nitrogens with zero attached hydrogens (tertiary/aromatic N) is 3. The minimum atomic E-state index is -4.76. The Labute approximate surface area is 155 Å². The molecule has 1 N–H and O–H groups in total. The van der Waals surface area contributed by atoms with E-state index in [0.717, 1.165) is 12.1 Å². The molecule has 0 fully saturated rings. The number of rotatable bonds is 3. The first-order valence-electron chi connectivity index (χ1n) is 7.85. The quantitative estimate of drug-likeness (QED) is 0.581. The molecule has 2 heterocycles. The largest absolute Gasteiger partial charge is 0.433 e. The van der Waals surface area contributed by atoms with Crippen LogP contribution in [0.3, 0.4) is 0 Å². The molecule has 0 bridgehead atoms. The van der Waals surface area contributed by atoms with Crippen LogP contribution in [0, 0.1) is 6.92 Å². The number of pyridine rings is 1. The summed E-state index contributed by atoms with van der Waals surface area (Å²) in [5.41, 5.74) is -1.68. The van der Waals surface area contributed by atoms with Crippen molar-refractivity contribution in [2.24, 2.45) is 0 Å². The van der Waals surface area contributed by atoms with Crippen LogP contribution in [0.2, 0.25) is 0 Å². The van der Waals surface area contributed by atoms with Crippen LogP contribution in [0.4, 0.5) is 37.8 Å². The number of nitrogens with one attached hydrogen (secondary N) is 1.